The van der Waals surface area contributed by atoms with Crippen molar-refractivity contribution in [3.05, 3.63) is 36.2 Å². The zero-order valence-corrected chi connectivity index (χ0v) is 45.3. The number of benzene rings is 1. The van der Waals surface area contributed by atoms with Crippen molar-refractivity contribution in [1.29, 1.82) is 0 Å². The normalized spacial score (nSPS) is 37.7. The maximum Gasteiger partial charge on any atom is 0.311 e. The van der Waals surface area contributed by atoms with E-state index in [2.05, 4.69) is 41.3 Å². The van der Waals surface area contributed by atoms with E-state index in [4.69, 9.17) is 33.2 Å². The van der Waals surface area contributed by atoms with Crippen molar-refractivity contribution in [3.8, 4) is 5.75 Å². The second kappa shape index (κ2) is 26.7. The van der Waals surface area contributed by atoms with E-state index in [1.807, 2.05) is 74.4 Å². The van der Waals surface area contributed by atoms with Crippen LogP contribution in [0.15, 0.2) is 35.4 Å². The van der Waals surface area contributed by atoms with Crippen LogP contribution in [0, 0.1) is 17.8 Å². The van der Waals surface area contributed by atoms with Gasteiger partial charge in [-0.1, -0.05) is 32.9 Å². The molecule has 70 heavy (non-hydrogen) atoms. The number of carbonyl (C=O) groups is 1. The minimum absolute atomic E-state index is 0.0835. The molecule has 0 radical (unpaired) electrons. The number of thioether (sulfide) groups is 1. The highest BCUT2D eigenvalue weighted by Crippen LogP contribution is 2.38. The Morgan fingerprint density at radius 3 is 2.31 bits per heavy atom. The third kappa shape index (κ3) is 15.5. The second-order valence-electron chi connectivity index (χ2n) is 21.1. The Kier molecular flexibility index (Phi) is 22.3. The molecule has 0 unspecified atom stereocenters. The number of nitrogens with zero attached hydrogens (tertiary/aromatic N) is 5. The van der Waals surface area contributed by atoms with Crippen LogP contribution in [-0.4, -0.2) is 183 Å². The molecule has 5 rings (SSSR count). The highest BCUT2D eigenvalue weighted by atomic mass is 32.2. The molecule has 0 aliphatic carbocycles. The standard InChI is InChI=1S/C52H89N5O12S/c1-14-25-70-41-19-17-40(18-20-41)64-24-16-22-57-31-38(53-54-57)21-23-55(11)39-27-33(4)65-44(28-39)68-47-34(5)46(69-45-29-51(9,63-13)49(60)37(8)66-45)35(6)50(61)67-43(15-2)52(10,62)48(59)36(7)56(12)30-32(3)26-42(47)58/h17-20,31-37,39,42-49,58-60,62H,14-16,21-30H2,1-13H3/t32-,33-,34+,35-,36-,37+,39+,42-,43-,44+,45+,46+,47-,48-,49+,51-,52-/m1/s1. The molecule has 4 heterocycles. The topological polar surface area (TPSA) is 200 Å². The molecule has 0 amide bonds. The first-order chi connectivity index (χ1) is 33.1. The van der Waals surface area contributed by atoms with Gasteiger partial charge in [-0.05, 0) is 117 Å². The van der Waals surface area contributed by atoms with Crippen molar-refractivity contribution in [1.82, 2.24) is 24.8 Å². The summed E-state index contributed by atoms with van der Waals surface area (Å²) < 4.78 is 46.3. The van der Waals surface area contributed by atoms with Crippen LogP contribution in [0.5, 0.6) is 5.75 Å². The van der Waals surface area contributed by atoms with E-state index in [9.17, 15) is 25.2 Å². The number of hydrogen-bond acceptors (Lipinski definition) is 17. The monoisotopic (exact) mass is 1010 g/mol. The molecule has 0 spiro atoms. The molecule has 0 saturated carbocycles. The summed E-state index contributed by atoms with van der Waals surface area (Å²) in [6, 6.07) is 7.84. The number of esters is 1. The van der Waals surface area contributed by atoms with Crippen molar-refractivity contribution in [2.24, 2.45) is 17.8 Å². The van der Waals surface area contributed by atoms with E-state index in [0.717, 1.165) is 43.0 Å². The van der Waals surface area contributed by atoms with Crippen molar-refractivity contribution < 1.29 is 58.4 Å². The molecule has 3 saturated heterocycles. The van der Waals surface area contributed by atoms with Crippen LogP contribution < -0.4 is 4.74 Å². The SMILES string of the molecule is CCCSc1ccc(OCCCn2cc(CCN(C)[C@@H]3C[C@H](O[C@@H]4[C@@H](C)[C@H](O[C@H]5C[C@@](C)(OC)[C@@H](O)[C@H](C)O5)[C@@H](C)C(=O)O[C@H](CC)[C@@](C)(O)[C@H](O)[C@@H](C)N(C)C[C@H](C)C[C@H]4O)O[C@H](C)C3)nn2)cc1. The first-order valence-electron chi connectivity index (χ1n) is 25.9. The molecule has 3 aliphatic heterocycles. The van der Waals surface area contributed by atoms with Crippen molar-refractivity contribution in [2.75, 3.05) is 46.7 Å². The summed E-state index contributed by atoms with van der Waals surface area (Å²) in [5, 5.41) is 55.7. The van der Waals surface area contributed by atoms with E-state index in [-0.39, 0.29) is 30.9 Å². The van der Waals surface area contributed by atoms with Gasteiger partial charge >= 0.3 is 5.97 Å². The molecule has 400 valence electrons. The second-order valence-corrected chi connectivity index (χ2v) is 22.3. The summed E-state index contributed by atoms with van der Waals surface area (Å²) in [7, 11) is 5.50. The van der Waals surface area contributed by atoms with Crippen molar-refractivity contribution in [2.45, 2.75) is 217 Å². The molecule has 3 fully saturated rings. The highest BCUT2D eigenvalue weighted by Gasteiger charge is 2.50. The lowest BCUT2D eigenvalue weighted by atomic mass is 9.83. The molecule has 4 N–H and O–H groups in total. The van der Waals surface area contributed by atoms with Crippen LogP contribution in [0.2, 0.25) is 0 Å². The summed E-state index contributed by atoms with van der Waals surface area (Å²) in [4.78, 5) is 19.9. The van der Waals surface area contributed by atoms with Crippen LogP contribution >= 0.6 is 11.8 Å². The van der Waals surface area contributed by atoms with Gasteiger partial charge in [-0.15, -0.1) is 16.9 Å². The van der Waals surface area contributed by atoms with Gasteiger partial charge in [-0.2, -0.15) is 0 Å². The number of aryl methyl sites for hydroxylation is 1. The number of aliphatic hydroxyl groups excluding tert-OH is 3. The van der Waals surface area contributed by atoms with Crippen molar-refractivity contribution >= 4 is 17.7 Å². The maximum atomic E-state index is 14.4. The summed E-state index contributed by atoms with van der Waals surface area (Å²) in [5.74, 6) is -0.378. The molecule has 1 aromatic carbocycles. The van der Waals surface area contributed by atoms with Crippen LogP contribution in [0.4, 0.5) is 0 Å². The van der Waals surface area contributed by atoms with Gasteiger partial charge in [0.2, 0.25) is 0 Å². The number of cyclic esters (lactones) is 1. The summed E-state index contributed by atoms with van der Waals surface area (Å²) in [6.07, 6.45) is -1.88. The van der Waals surface area contributed by atoms with E-state index < -0.39 is 90.4 Å². The Labute approximate surface area is 422 Å². The Balaban J connectivity index is 1.31. The Morgan fingerprint density at radius 2 is 1.64 bits per heavy atom. The average Bonchev–Trinajstić information content (AvgIpc) is 3.79. The maximum absolute atomic E-state index is 14.4. The van der Waals surface area contributed by atoms with Gasteiger partial charge in [0, 0.05) is 81.5 Å². The van der Waals surface area contributed by atoms with Gasteiger partial charge in [0.05, 0.1) is 54.3 Å². The van der Waals surface area contributed by atoms with Gasteiger partial charge in [-0.3, -0.25) is 9.48 Å². The molecule has 0 bridgehead atoms. The largest absolute Gasteiger partial charge is 0.494 e. The molecule has 2 aromatic rings. The number of aromatic nitrogens is 3. The number of ether oxygens (including phenoxy) is 7. The van der Waals surface area contributed by atoms with Gasteiger partial charge in [-0.25, -0.2) is 0 Å². The molecule has 17 nitrogen and oxygen atoms in total. The fourth-order valence-electron chi connectivity index (χ4n) is 10.4. The Bertz CT molecular complexity index is 1860. The van der Waals surface area contributed by atoms with Crippen LogP contribution in [0.25, 0.3) is 0 Å². The highest BCUT2D eigenvalue weighted by molar-refractivity contribution is 7.99. The minimum atomic E-state index is -1.79. The van der Waals surface area contributed by atoms with Gasteiger partial charge in [0.25, 0.3) is 0 Å². The quantitative estimate of drug-likeness (QED) is 0.0803. The van der Waals surface area contributed by atoms with E-state index in [1.54, 1.807) is 27.7 Å². The number of aliphatic hydroxyl groups is 4. The molecular weight excluding hydrogens is 919 g/mol. The number of methoxy groups -OCH3 is 1. The average molecular weight is 1010 g/mol. The predicted molar refractivity (Wildman–Crippen MR) is 268 cm³/mol. The fraction of sp³-hybridized carbons (Fsp3) is 0.827. The predicted octanol–water partition coefficient (Wildman–Crippen LogP) is 5.72. The summed E-state index contributed by atoms with van der Waals surface area (Å²) in [6.45, 7) is 21.0. The first kappa shape index (κ1) is 58.4. The molecular formula is C52H89N5O12S. The lowest BCUT2D eigenvalue weighted by molar-refractivity contribution is -0.304. The number of carbonyl (C=O) groups excluding carboxylic acids is 1. The molecule has 17 atom stereocenters. The molecule has 1 aromatic heterocycles. The Hall–Kier alpha value is -2.46. The van der Waals surface area contributed by atoms with Crippen LogP contribution in [0.1, 0.15) is 120 Å². The van der Waals surface area contributed by atoms with Crippen LogP contribution in [-0.2, 0) is 46.2 Å². The number of rotatable bonds is 18. The Morgan fingerprint density at radius 1 is 0.943 bits per heavy atom. The fourth-order valence-corrected chi connectivity index (χ4v) is 11.2. The van der Waals surface area contributed by atoms with Gasteiger partial charge < -0.3 is 63.4 Å². The van der Waals surface area contributed by atoms with Crippen LogP contribution in [0.3, 0.4) is 0 Å². The third-order valence-corrected chi connectivity index (χ3v) is 16.3. The molecule has 18 heteroatoms. The third-order valence-electron chi connectivity index (χ3n) is 15.1. The summed E-state index contributed by atoms with van der Waals surface area (Å²) >= 11 is 1.85. The number of likely N-dealkylation sites (N-methyl/N-ethyl adjacent to an activating group) is 2. The lowest BCUT2D eigenvalue weighted by Crippen LogP contribution is -2.59. The van der Waals surface area contributed by atoms with Gasteiger partial charge in [0.15, 0.2) is 12.6 Å². The zero-order valence-electron chi connectivity index (χ0n) is 44.4. The smallest absolute Gasteiger partial charge is 0.311 e. The summed E-state index contributed by atoms with van der Waals surface area (Å²) in [5.41, 5.74) is -1.90. The zero-order chi connectivity index (χ0) is 51.5. The molecule has 3 aliphatic rings. The number of hydrogen-bond donors (Lipinski definition) is 4. The van der Waals surface area contributed by atoms with E-state index in [0.29, 0.717) is 39.0 Å². The van der Waals surface area contributed by atoms with E-state index in [1.165, 1.54) is 18.9 Å². The first-order valence-corrected chi connectivity index (χ1v) is 26.9. The van der Waals surface area contributed by atoms with Gasteiger partial charge in [0.1, 0.15) is 29.7 Å². The lowest BCUT2D eigenvalue weighted by Gasteiger charge is -2.47. The van der Waals surface area contributed by atoms with E-state index >= 15 is 0 Å². The van der Waals surface area contributed by atoms with Crippen molar-refractivity contribution in [3.63, 3.8) is 0 Å². The minimum Gasteiger partial charge on any atom is -0.494 e.